The lowest BCUT2D eigenvalue weighted by atomic mass is 10.4. The number of hydrogen-bond donors (Lipinski definition) is 2. The smallest absolute Gasteiger partial charge is 0.171 e. The Hall–Kier alpha value is -1.88. The van der Waals surface area contributed by atoms with E-state index in [4.69, 9.17) is 16.6 Å². The number of aryl methyl sites for hydroxylation is 1. The monoisotopic (exact) mass is 247 g/mol. The van der Waals surface area contributed by atoms with E-state index in [1.54, 1.807) is 12.4 Å². The van der Waals surface area contributed by atoms with E-state index < -0.39 is 0 Å². The Labute approximate surface area is 105 Å². The van der Waals surface area contributed by atoms with Crippen LogP contribution < -0.4 is 10.6 Å². The molecule has 88 valence electrons. The van der Waals surface area contributed by atoms with E-state index in [1.165, 1.54) is 0 Å². The van der Waals surface area contributed by atoms with Gasteiger partial charge in [0.2, 0.25) is 0 Å². The molecule has 5 heteroatoms. The molecular weight excluding hydrogens is 234 g/mol. The van der Waals surface area contributed by atoms with Crippen LogP contribution in [0.15, 0.2) is 41.1 Å². The molecule has 0 radical (unpaired) electrons. The Balaban J connectivity index is 1.82. The molecule has 0 unspecified atom stereocenters. The molecule has 0 fully saturated rings. The van der Waals surface area contributed by atoms with Gasteiger partial charge in [0.15, 0.2) is 5.11 Å². The summed E-state index contributed by atoms with van der Waals surface area (Å²) >= 11 is 5.15. The summed E-state index contributed by atoms with van der Waals surface area (Å²) < 4.78 is 5.42. The van der Waals surface area contributed by atoms with Crippen molar-refractivity contribution in [2.45, 2.75) is 13.5 Å². The Morgan fingerprint density at radius 3 is 2.94 bits per heavy atom. The maximum atomic E-state index is 5.42. The molecule has 2 rings (SSSR count). The second-order valence-electron chi connectivity index (χ2n) is 3.56. The minimum atomic E-state index is 0.548. The molecule has 2 N–H and O–H groups in total. The maximum Gasteiger partial charge on any atom is 0.171 e. The Bertz CT molecular complexity index is 495. The number of thiocarbonyl (C=S) groups is 1. The van der Waals surface area contributed by atoms with Gasteiger partial charge < -0.3 is 15.1 Å². The summed E-state index contributed by atoms with van der Waals surface area (Å²) in [4.78, 5) is 3.99. The van der Waals surface area contributed by atoms with E-state index in [1.807, 2.05) is 31.2 Å². The topological polar surface area (TPSA) is 50.1 Å². The highest BCUT2D eigenvalue weighted by Crippen LogP contribution is 2.06. The van der Waals surface area contributed by atoms with Crippen LogP contribution in [0, 0.1) is 6.92 Å². The first-order valence-corrected chi connectivity index (χ1v) is 5.65. The van der Waals surface area contributed by atoms with Crippen LogP contribution in [0.5, 0.6) is 0 Å². The molecule has 0 spiro atoms. The SMILES string of the molecule is Cc1ccc(CNC(=S)Nc2cccnc2)o1. The molecule has 0 aliphatic carbocycles. The third-order valence-corrected chi connectivity index (χ3v) is 2.38. The Morgan fingerprint density at radius 2 is 2.29 bits per heavy atom. The van der Waals surface area contributed by atoms with Crippen molar-refractivity contribution in [1.29, 1.82) is 0 Å². The molecule has 0 saturated carbocycles. The van der Waals surface area contributed by atoms with E-state index in [9.17, 15) is 0 Å². The van der Waals surface area contributed by atoms with Crippen LogP contribution >= 0.6 is 12.2 Å². The average molecular weight is 247 g/mol. The van der Waals surface area contributed by atoms with E-state index >= 15 is 0 Å². The highest BCUT2D eigenvalue weighted by atomic mass is 32.1. The third kappa shape index (κ3) is 3.57. The van der Waals surface area contributed by atoms with Gasteiger partial charge in [-0.05, 0) is 43.4 Å². The highest BCUT2D eigenvalue weighted by molar-refractivity contribution is 7.80. The predicted octanol–water partition coefficient (Wildman–Crippen LogP) is 2.47. The summed E-state index contributed by atoms with van der Waals surface area (Å²) in [6, 6.07) is 7.60. The van der Waals surface area contributed by atoms with Crippen molar-refractivity contribution < 1.29 is 4.42 Å². The van der Waals surface area contributed by atoms with Gasteiger partial charge >= 0.3 is 0 Å². The lowest BCUT2D eigenvalue weighted by Gasteiger charge is -2.08. The summed E-state index contributed by atoms with van der Waals surface area (Å²) in [6.07, 6.45) is 3.43. The molecule has 2 aromatic heterocycles. The van der Waals surface area contributed by atoms with Gasteiger partial charge in [-0.1, -0.05) is 0 Å². The van der Waals surface area contributed by atoms with Gasteiger partial charge in [0.05, 0.1) is 18.4 Å². The standard InChI is InChI=1S/C12H13N3OS/c1-9-4-5-11(16-9)8-14-12(17)15-10-3-2-6-13-7-10/h2-7H,8H2,1H3,(H2,14,15,17). The number of anilines is 1. The van der Waals surface area contributed by atoms with Crippen LogP contribution in [0.2, 0.25) is 0 Å². The minimum Gasteiger partial charge on any atom is -0.465 e. The molecular formula is C12H13N3OS. The van der Waals surface area contributed by atoms with Crippen molar-refractivity contribution in [3.63, 3.8) is 0 Å². The van der Waals surface area contributed by atoms with E-state index in [-0.39, 0.29) is 0 Å². The molecule has 0 amide bonds. The fourth-order valence-corrected chi connectivity index (χ4v) is 1.55. The van der Waals surface area contributed by atoms with Crippen molar-refractivity contribution in [3.05, 3.63) is 48.2 Å². The second-order valence-corrected chi connectivity index (χ2v) is 3.97. The zero-order chi connectivity index (χ0) is 12.1. The molecule has 0 atom stereocenters. The zero-order valence-electron chi connectivity index (χ0n) is 9.43. The van der Waals surface area contributed by atoms with E-state index in [0.717, 1.165) is 17.2 Å². The van der Waals surface area contributed by atoms with Crippen molar-refractivity contribution in [2.75, 3.05) is 5.32 Å². The molecule has 0 aliphatic heterocycles. The summed E-state index contributed by atoms with van der Waals surface area (Å²) in [5.74, 6) is 1.76. The molecule has 0 saturated heterocycles. The summed E-state index contributed by atoms with van der Waals surface area (Å²) in [5.41, 5.74) is 0.862. The largest absolute Gasteiger partial charge is 0.465 e. The van der Waals surface area contributed by atoms with Crippen molar-refractivity contribution >= 4 is 23.0 Å². The van der Waals surface area contributed by atoms with Gasteiger partial charge in [-0.25, -0.2) is 0 Å². The first-order chi connectivity index (χ1) is 8.24. The van der Waals surface area contributed by atoms with Crippen LogP contribution in [0.1, 0.15) is 11.5 Å². The van der Waals surface area contributed by atoms with Crippen molar-refractivity contribution in [3.8, 4) is 0 Å². The number of nitrogens with one attached hydrogen (secondary N) is 2. The zero-order valence-corrected chi connectivity index (χ0v) is 10.3. The highest BCUT2D eigenvalue weighted by Gasteiger charge is 2.00. The van der Waals surface area contributed by atoms with Crippen LogP contribution in [0.4, 0.5) is 5.69 Å². The minimum absolute atomic E-state index is 0.548. The van der Waals surface area contributed by atoms with Crippen molar-refractivity contribution in [2.24, 2.45) is 0 Å². The van der Waals surface area contributed by atoms with Crippen molar-refractivity contribution in [1.82, 2.24) is 10.3 Å². The fourth-order valence-electron chi connectivity index (χ4n) is 1.36. The summed E-state index contributed by atoms with van der Waals surface area (Å²) in [7, 11) is 0. The number of pyridine rings is 1. The normalized spacial score (nSPS) is 9.94. The summed E-state index contributed by atoms with van der Waals surface area (Å²) in [5, 5.41) is 6.64. The molecule has 4 nitrogen and oxygen atoms in total. The van der Waals surface area contributed by atoms with Gasteiger partial charge in [0.25, 0.3) is 0 Å². The maximum absolute atomic E-state index is 5.42. The lowest BCUT2D eigenvalue weighted by molar-refractivity contribution is 0.478. The number of aromatic nitrogens is 1. The molecule has 0 aromatic carbocycles. The predicted molar refractivity (Wildman–Crippen MR) is 70.7 cm³/mol. The molecule has 2 aromatic rings. The lowest BCUT2D eigenvalue weighted by Crippen LogP contribution is -2.27. The average Bonchev–Trinajstić information content (AvgIpc) is 2.74. The number of rotatable bonds is 3. The van der Waals surface area contributed by atoms with Gasteiger partial charge in [-0.15, -0.1) is 0 Å². The molecule has 0 bridgehead atoms. The number of furan rings is 1. The Kier molecular flexibility index (Phi) is 3.72. The van der Waals surface area contributed by atoms with E-state index in [0.29, 0.717) is 11.7 Å². The molecule has 0 aliphatic rings. The van der Waals surface area contributed by atoms with Gasteiger partial charge in [0.1, 0.15) is 11.5 Å². The van der Waals surface area contributed by atoms with Crippen LogP contribution in [0.3, 0.4) is 0 Å². The number of hydrogen-bond acceptors (Lipinski definition) is 3. The quantitative estimate of drug-likeness (QED) is 0.816. The first kappa shape index (κ1) is 11.6. The fraction of sp³-hybridized carbons (Fsp3) is 0.167. The van der Waals surface area contributed by atoms with Gasteiger partial charge in [0, 0.05) is 6.20 Å². The second kappa shape index (κ2) is 5.45. The molecule has 17 heavy (non-hydrogen) atoms. The first-order valence-electron chi connectivity index (χ1n) is 5.24. The van der Waals surface area contributed by atoms with Crippen LogP contribution in [-0.2, 0) is 6.54 Å². The van der Waals surface area contributed by atoms with Crippen LogP contribution in [0.25, 0.3) is 0 Å². The Morgan fingerprint density at radius 1 is 1.41 bits per heavy atom. The number of nitrogens with zero attached hydrogens (tertiary/aromatic N) is 1. The summed E-state index contributed by atoms with van der Waals surface area (Å²) in [6.45, 7) is 2.48. The van der Waals surface area contributed by atoms with Gasteiger partial charge in [-0.3, -0.25) is 4.98 Å². The van der Waals surface area contributed by atoms with Gasteiger partial charge in [-0.2, -0.15) is 0 Å². The van der Waals surface area contributed by atoms with E-state index in [2.05, 4.69) is 15.6 Å². The molecule has 2 heterocycles. The van der Waals surface area contributed by atoms with Crippen LogP contribution in [-0.4, -0.2) is 10.1 Å². The third-order valence-electron chi connectivity index (χ3n) is 2.14.